The molecule has 1 aliphatic carbocycles. The molecule has 2 N–H and O–H groups in total. The SMILES string of the molecule is CC(NC1CCC(C(=O)O)CC1)c1ccccc1[N+](=O)[O-]. The number of carbonyl (C=O) groups is 1. The maximum atomic E-state index is 11.0. The minimum Gasteiger partial charge on any atom is -0.481 e. The van der Waals surface area contributed by atoms with Gasteiger partial charge in [-0.3, -0.25) is 14.9 Å². The van der Waals surface area contributed by atoms with Crippen LogP contribution in [-0.4, -0.2) is 22.0 Å². The van der Waals surface area contributed by atoms with E-state index >= 15 is 0 Å². The zero-order chi connectivity index (χ0) is 15.4. The van der Waals surface area contributed by atoms with E-state index in [9.17, 15) is 14.9 Å². The van der Waals surface area contributed by atoms with Gasteiger partial charge >= 0.3 is 5.97 Å². The summed E-state index contributed by atoms with van der Waals surface area (Å²) in [4.78, 5) is 21.6. The number of nitrogens with one attached hydrogen (secondary N) is 1. The second kappa shape index (κ2) is 6.67. The van der Waals surface area contributed by atoms with Crippen molar-refractivity contribution < 1.29 is 14.8 Å². The molecule has 114 valence electrons. The van der Waals surface area contributed by atoms with Gasteiger partial charge in [-0.1, -0.05) is 18.2 Å². The Kier molecular flexibility index (Phi) is 4.90. The van der Waals surface area contributed by atoms with Crippen LogP contribution in [0.15, 0.2) is 24.3 Å². The molecule has 0 heterocycles. The van der Waals surface area contributed by atoms with Gasteiger partial charge in [-0.15, -0.1) is 0 Å². The van der Waals surface area contributed by atoms with E-state index in [0.717, 1.165) is 12.8 Å². The molecule has 1 atom stereocenters. The Morgan fingerprint density at radius 2 is 1.95 bits per heavy atom. The van der Waals surface area contributed by atoms with Crippen molar-refractivity contribution in [3.05, 3.63) is 39.9 Å². The molecule has 1 fully saturated rings. The molecule has 6 heteroatoms. The Morgan fingerprint density at radius 3 is 2.52 bits per heavy atom. The van der Waals surface area contributed by atoms with Crippen molar-refractivity contribution in [1.29, 1.82) is 0 Å². The summed E-state index contributed by atoms with van der Waals surface area (Å²) in [6.07, 6.45) is 2.91. The fourth-order valence-electron chi connectivity index (χ4n) is 2.97. The van der Waals surface area contributed by atoms with Gasteiger partial charge in [-0.05, 0) is 32.6 Å². The molecule has 1 saturated carbocycles. The van der Waals surface area contributed by atoms with Gasteiger partial charge in [-0.25, -0.2) is 0 Å². The van der Waals surface area contributed by atoms with Crippen LogP contribution in [0.25, 0.3) is 0 Å². The second-order valence-corrected chi connectivity index (χ2v) is 5.59. The van der Waals surface area contributed by atoms with Crippen molar-refractivity contribution >= 4 is 11.7 Å². The second-order valence-electron chi connectivity index (χ2n) is 5.59. The number of para-hydroxylation sites is 1. The Balaban J connectivity index is 1.98. The molecule has 2 rings (SSSR count). The minimum absolute atomic E-state index is 0.122. The lowest BCUT2D eigenvalue weighted by atomic mass is 9.85. The monoisotopic (exact) mass is 292 g/mol. The van der Waals surface area contributed by atoms with Crippen molar-refractivity contribution in [2.24, 2.45) is 5.92 Å². The summed E-state index contributed by atoms with van der Waals surface area (Å²) in [5.41, 5.74) is 0.791. The Morgan fingerprint density at radius 1 is 1.33 bits per heavy atom. The van der Waals surface area contributed by atoms with Gasteiger partial charge in [0.15, 0.2) is 0 Å². The lowest BCUT2D eigenvalue weighted by Gasteiger charge is -2.29. The lowest BCUT2D eigenvalue weighted by Crippen LogP contribution is -2.36. The smallest absolute Gasteiger partial charge is 0.306 e. The number of benzene rings is 1. The molecule has 0 aliphatic heterocycles. The highest BCUT2D eigenvalue weighted by atomic mass is 16.6. The summed E-state index contributed by atoms with van der Waals surface area (Å²) >= 11 is 0. The van der Waals surface area contributed by atoms with Crippen molar-refractivity contribution in [2.75, 3.05) is 0 Å². The van der Waals surface area contributed by atoms with Crippen molar-refractivity contribution in [3.63, 3.8) is 0 Å². The van der Waals surface area contributed by atoms with E-state index in [-0.39, 0.29) is 28.6 Å². The van der Waals surface area contributed by atoms with E-state index in [0.29, 0.717) is 18.4 Å². The van der Waals surface area contributed by atoms with Crippen LogP contribution in [0.4, 0.5) is 5.69 Å². The number of rotatable bonds is 5. The van der Waals surface area contributed by atoms with Crippen LogP contribution in [0.5, 0.6) is 0 Å². The first-order valence-electron chi connectivity index (χ1n) is 7.21. The van der Waals surface area contributed by atoms with Gasteiger partial charge in [0.05, 0.1) is 10.8 Å². The number of nitro benzene ring substituents is 1. The third kappa shape index (κ3) is 3.78. The summed E-state index contributed by atoms with van der Waals surface area (Å²) in [7, 11) is 0. The largest absolute Gasteiger partial charge is 0.481 e. The summed E-state index contributed by atoms with van der Waals surface area (Å²) < 4.78 is 0. The van der Waals surface area contributed by atoms with Crippen LogP contribution in [0.1, 0.15) is 44.2 Å². The highest BCUT2D eigenvalue weighted by Crippen LogP contribution is 2.29. The molecule has 0 amide bonds. The number of aliphatic carboxylic acids is 1. The van der Waals surface area contributed by atoms with E-state index in [1.165, 1.54) is 6.07 Å². The first kappa shape index (κ1) is 15.4. The summed E-state index contributed by atoms with van der Waals surface area (Å²) in [6.45, 7) is 1.91. The van der Waals surface area contributed by atoms with Crippen LogP contribution >= 0.6 is 0 Å². The van der Waals surface area contributed by atoms with E-state index < -0.39 is 5.97 Å². The molecular weight excluding hydrogens is 272 g/mol. The molecular formula is C15H20N2O4. The van der Waals surface area contributed by atoms with E-state index in [1.807, 2.05) is 6.92 Å². The van der Waals surface area contributed by atoms with Crippen LogP contribution in [0.2, 0.25) is 0 Å². The summed E-state index contributed by atoms with van der Waals surface area (Å²) in [5.74, 6) is -0.968. The average Bonchev–Trinajstić information content (AvgIpc) is 2.47. The number of nitrogens with zero attached hydrogens (tertiary/aromatic N) is 1. The molecule has 0 spiro atoms. The van der Waals surface area contributed by atoms with E-state index in [1.54, 1.807) is 18.2 Å². The predicted octanol–water partition coefficient (Wildman–Crippen LogP) is 2.89. The fourth-order valence-corrected chi connectivity index (χ4v) is 2.97. The van der Waals surface area contributed by atoms with Gasteiger partial charge in [0.25, 0.3) is 5.69 Å². The third-order valence-corrected chi connectivity index (χ3v) is 4.16. The van der Waals surface area contributed by atoms with Crippen molar-refractivity contribution in [1.82, 2.24) is 5.32 Å². The normalized spacial score (nSPS) is 23.5. The van der Waals surface area contributed by atoms with E-state index in [4.69, 9.17) is 5.11 Å². The summed E-state index contributed by atoms with van der Waals surface area (Å²) in [5, 5.41) is 23.4. The molecule has 0 saturated heterocycles. The molecule has 0 bridgehead atoms. The molecule has 21 heavy (non-hydrogen) atoms. The standard InChI is InChI=1S/C15H20N2O4/c1-10(13-4-2-3-5-14(13)17(20)21)16-12-8-6-11(7-9-12)15(18)19/h2-5,10-12,16H,6-9H2,1H3,(H,18,19). The molecule has 1 aliphatic rings. The zero-order valence-electron chi connectivity index (χ0n) is 12.0. The number of carboxylic acid groups (broad SMARTS) is 1. The number of carboxylic acids is 1. The molecule has 1 aromatic rings. The maximum Gasteiger partial charge on any atom is 0.306 e. The van der Waals surface area contributed by atoms with Gasteiger partial charge in [0.1, 0.15) is 0 Å². The topological polar surface area (TPSA) is 92.5 Å². The van der Waals surface area contributed by atoms with Gasteiger partial charge in [0.2, 0.25) is 0 Å². The zero-order valence-corrected chi connectivity index (χ0v) is 12.0. The quantitative estimate of drug-likeness (QED) is 0.643. The highest BCUT2D eigenvalue weighted by molar-refractivity contribution is 5.70. The van der Waals surface area contributed by atoms with Crippen LogP contribution < -0.4 is 5.32 Å². The van der Waals surface area contributed by atoms with Gasteiger partial charge < -0.3 is 10.4 Å². The Hall–Kier alpha value is -1.95. The fraction of sp³-hybridized carbons (Fsp3) is 0.533. The molecule has 1 aromatic carbocycles. The molecule has 0 radical (unpaired) electrons. The first-order chi connectivity index (χ1) is 9.99. The number of hydrogen-bond acceptors (Lipinski definition) is 4. The molecule has 0 aromatic heterocycles. The minimum atomic E-state index is -0.722. The number of nitro groups is 1. The van der Waals surface area contributed by atoms with Crippen molar-refractivity contribution in [3.8, 4) is 0 Å². The Labute approximate surface area is 123 Å². The average molecular weight is 292 g/mol. The Bertz CT molecular complexity index is 524. The first-order valence-corrected chi connectivity index (χ1v) is 7.21. The number of hydrogen-bond donors (Lipinski definition) is 2. The van der Waals surface area contributed by atoms with Gasteiger partial charge in [0, 0.05) is 23.7 Å². The highest BCUT2D eigenvalue weighted by Gasteiger charge is 2.27. The molecule has 6 nitrogen and oxygen atoms in total. The maximum absolute atomic E-state index is 11.0. The van der Waals surface area contributed by atoms with Gasteiger partial charge in [-0.2, -0.15) is 0 Å². The lowest BCUT2D eigenvalue weighted by molar-refractivity contribution is -0.385. The van der Waals surface area contributed by atoms with Crippen molar-refractivity contribution in [2.45, 2.75) is 44.7 Å². The predicted molar refractivity (Wildman–Crippen MR) is 78.0 cm³/mol. The summed E-state index contributed by atoms with van der Waals surface area (Å²) in [6, 6.07) is 6.82. The van der Waals surface area contributed by atoms with Crippen LogP contribution in [0.3, 0.4) is 0 Å². The third-order valence-electron chi connectivity index (χ3n) is 4.16. The van der Waals surface area contributed by atoms with Crippen LogP contribution in [0, 0.1) is 16.0 Å². The van der Waals surface area contributed by atoms with E-state index in [2.05, 4.69) is 5.32 Å². The van der Waals surface area contributed by atoms with Crippen LogP contribution in [-0.2, 0) is 4.79 Å². The molecule has 1 unspecified atom stereocenters.